The van der Waals surface area contributed by atoms with Gasteiger partial charge in [0.15, 0.2) is 0 Å². The topological polar surface area (TPSA) is 86.8 Å². The first-order chi connectivity index (χ1) is 9.61. The molecule has 0 saturated carbocycles. The summed E-state index contributed by atoms with van der Waals surface area (Å²) in [6, 6.07) is 1.57. The van der Waals surface area contributed by atoms with E-state index in [1.807, 2.05) is 18.1 Å². The summed E-state index contributed by atoms with van der Waals surface area (Å²) in [5, 5.41) is 9.47. The van der Waals surface area contributed by atoms with Gasteiger partial charge < -0.3 is 10.00 Å². The molecule has 2 aromatic rings. The van der Waals surface area contributed by atoms with E-state index in [1.165, 1.54) is 0 Å². The second-order valence-corrected chi connectivity index (χ2v) is 5.24. The van der Waals surface area contributed by atoms with E-state index in [2.05, 4.69) is 15.3 Å². The number of nitrogens with one attached hydrogen (secondary N) is 2. The molecule has 1 atom stereocenters. The van der Waals surface area contributed by atoms with E-state index in [-0.39, 0.29) is 17.4 Å². The van der Waals surface area contributed by atoms with Crippen molar-refractivity contribution >= 4 is 5.91 Å². The average molecular weight is 275 g/mol. The lowest BCUT2D eigenvalue weighted by Gasteiger charge is -2.15. The van der Waals surface area contributed by atoms with Crippen LogP contribution < -0.4 is 5.56 Å². The number of amides is 1. The number of rotatable bonds is 3. The lowest BCUT2D eigenvalue weighted by Crippen LogP contribution is -2.29. The molecule has 0 aromatic carbocycles. The van der Waals surface area contributed by atoms with Gasteiger partial charge >= 0.3 is 0 Å². The van der Waals surface area contributed by atoms with E-state index in [0.29, 0.717) is 13.0 Å². The first-order valence-corrected chi connectivity index (χ1v) is 6.64. The number of aryl methyl sites for hydroxylation is 1. The molecule has 1 amide bonds. The molecule has 106 valence electrons. The van der Waals surface area contributed by atoms with Crippen LogP contribution in [0.5, 0.6) is 0 Å². The molecule has 2 aromatic heterocycles. The third-order valence-corrected chi connectivity index (χ3v) is 3.71. The van der Waals surface area contributed by atoms with E-state index in [0.717, 1.165) is 24.2 Å². The van der Waals surface area contributed by atoms with Crippen LogP contribution >= 0.6 is 0 Å². The Balaban J connectivity index is 1.62. The lowest BCUT2D eigenvalue weighted by molar-refractivity contribution is -0.129. The quantitative estimate of drug-likeness (QED) is 0.826. The molecule has 2 N–H and O–H groups in total. The van der Waals surface area contributed by atoms with Crippen molar-refractivity contribution in [3.63, 3.8) is 0 Å². The van der Waals surface area contributed by atoms with Gasteiger partial charge in [-0.1, -0.05) is 0 Å². The highest BCUT2D eigenvalue weighted by Gasteiger charge is 2.28. The van der Waals surface area contributed by atoms with Crippen molar-refractivity contribution in [1.29, 1.82) is 0 Å². The average Bonchev–Trinajstić information content (AvgIpc) is 3.10. The molecular weight excluding hydrogens is 258 g/mol. The van der Waals surface area contributed by atoms with Crippen LogP contribution in [0.15, 0.2) is 23.3 Å². The molecule has 7 nitrogen and oxygen atoms in total. The van der Waals surface area contributed by atoms with Crippen molar-refractivity contribution in [2.75, 3.05) is 13.1 Å². The molecule has 1 unspecified atom stereocenters. The monoisotopic (exact) mass is 275 g/mol. The van der Waals surface area contributed by atoms with Gasteiger partial charge in [0.05, 0.1) is 12.6 Å². The molecule has 1 fully saturated rings. The maximum absolute atomic E-state index is 12.2. The highest BCUT2D eigenvalue weighted by molar-refractivity contribution is 5.79. The number of H-pyrrole nitrogens is 2. The Bertz CT molecular complexity index is 668. The highest BCUT2D eigenvalue weighted by atomic mass is 16.2. The fraction of sp³-hybridized carbons (Fsp3) is 0.462. The smallest absolute Gasteiger partial charge is 0.264 e. The van der Waals surface area contributed by atoms with Gasteiger partial charge in [0.1, 0.15) is 0 Å². The number of nitrogens with zero attached hydrogens (tertiary/aromatic N) is 3. The maximum Gasteiger partial charge on any atom is 0.264 e. The van der Waals surface area contributed by atoms with Crippen molar-refractivity contribution in [2.24, 2.45) is 7.05 Å². The van der Waals surface area contributed by atoms with E-state index < -0.39 is 0 Å². The Morgan fingerprint density at radius 3 is 3.00 bits per heavy atom. The van der Waals surface area contributed by atoms with Crippen LogP contribution in [-0.4, -0.2) is 43.9 Å². The van der Waals surface area contributed by atoms with Crippen molar-refractivity contribution in [2.45, 2.75) is 18.8 Å². The predicted octanol–water partition coefficient (Wildman–Crippen LogP) is -0.00490. The van der Waals surface area contributed by atoms with Crippen molar-refractivity contribution in [3.05, 3.63) is 40.1 Å². The predicted molar refractivity (Wildman–Crippen MR) is 72.3 cm³/mol. The zero-order valence-corrected chi connectivity index (χ0v) is 11.3. The van der Waals surface area contributed by atoms with Crippen molar-refractivity contribution in [1.82, 2.24) is 24.9 Å². The van der Waals surface area contributed by atoms with Crippen molar-refractivity contribution < 1.29 is 4.79 Å². The van der Waals surface area contributed by atoms with E-state index in [1.54, 1.807) is 16.9 Å². The molecule has 1 aliphatic heterocycles. The molecule has 3 heterocycles. The summed E-state index contributed by atoms with van der Waals surface area (Å²) < 4.78 is 1.69. The number of hydrogen-bond donors (Lipinski definition) is 2. The number of aromatic amines is 2. The summed E-state index contributed by atoms with van der Waals surface area (Å²) in [5.41, 5.74) is 1.68. The molecule has 0 radical (unpaired) electrons. The molecule has 1 aliphatic rings. The van der Waals surface area contributed by atoms with Gasteiger partial charge in [-0.25, -0.2) is 0 Å². The first-order valence-electron chi connectivity index (χ1n) is 6.64. The standard InChI is InChI=1S/C13H17N5O2/c1-17-7-9(6-14-17)4-13(20)18-3-2-10(8-18)11-5-12(19)16-15-11/h5-7,10H,2-4,8H2,1H3,(H2,15,16,19). The second kappa shape index (κ2) is 4.99. The van der Waals surface area contributed by atoms with Crippen LogP contribution in [0.1, 0.15) is 23.6 Å². The fourth-order valence-electron chi connectivity index (χ4n) is 2.66. The Morgan fingerprint density at radius 2 is 2.35 bits per heavy atom. The molecule has 7 heteroatoms. The summed E-state index contributed by atoms with van der Waals surface area (Å²) in [6.45, 7) is 1.39. The summed E-state index contributed by atoms with van der Waals surface area (Å²) in [5.74, 6) is 0.324. The maximum atomic E-state index is 12.2. The van der Waals surface area contributed by atoms with Crippen molar-refractivity contribution in [3.8, 4) is 0 Å². The number of likely N-dealkylation sites (tertiary alicyclic amines) is 1. The lowest BCUT2D eigenvalue weighted by atomic mass is 10.1. The molecule has 0 aliphatic carbocycles. The molecule has 3 rings (SSSR count). The zero-order valence-electron chi connectivity index (χ0n) is 11.3. The normalized spacial score (nSPS) is 18.6. The van der Waals surface area contributed by atoms with Gasteiger partial charge in [0.2, 0.25) is 5.91 Å². The molecule has 0 bridgehead atoms. The third kappa shape index (κ3) is 2.52. The minimum atomic E-state index is -0.125. The summed E-state index contributed by atoms with van der Waals surface area (Å²) >= 11 is 0. The molecular formula is C13H17N5O2. The highest BCUT2D eigenvalue weighted by Crippen LogP contribution is 2.25. The molecule has 0 spiro atoms. The molecule has 20 heavy (non-hydrogen) atoms. The second-order valence-electron chi connectivity index (χ2n) is 5.24. The minimum Gasteiger partial charge on any atom is -0.342 e. The third-order valence-electron chi connectivity index (χ3n) is 3.71. The summed E-state index contributed by atoms with van der Waals surface area (Å²) in [4.78, 5) is 25.2. The van der Waals surface area contributed by atoms with Crippen LogP contribution in [0.3, 0.4) is 0 Å². The Morgan fingerprint density at radius 1 is 1.50 bits per heavy atom. The SMILES string of the molecule is Cn1cc(CC(=O)N2CCC(c3cc(=O)[nH][nH]3)C2)cn1. The van der Waals surface area contributed by atoms with Gasteiger partial charge in [0.25, 0.3) is 5.56 Å². The van der Waals surface area contributed by atoms with Crippen LogP contribution in [0.25, 0.3) is 0 Å². The summed E-state index contributed by atoms with van der Waals surface area (Å²) in [6.07, 6.45) is 4.83. The fourth-order valence-corrected chi connectivity index (χ4v) is 2.66. The number of hydrogen-bond acceptors (Lipinski definition) is 3. The van der Waals surface area contributed by atoms with Crippen LogP contribution in [0.2, 0.25) is 0 Å². The molecule has 1 saturated heterocycles. The van der Waals surface area contributed by atoms with Gasteiger partial charge in [-0.3, -0.25) is 19.4 Å². The number of carbonyl (C=O) groups excluding carboxylic acids is 1. The van der Waals surface area contributed by atoms with Gasteiger partial charge in [0, 0.05) is 44.0 Å². The van der Waals surface area contributed by atoms with Gasteiger partial charge in [-0.2, -0.15) is 5.10 Å². The Kier molecular flexibility index (Phi) is 3.17. The van der Waals surface area contributed by atoms with Gasteiger partial charge in [-0.15, -0.1) is 0 Å². The Labute approximate surface area is 115 Å². The number of carbonyl (C=O) groups is 1. The van der Waals surface area contributed by atoms with Gasteiger partial charge in [-0.05, 0) is 12.0 Å². The van der Waals surface area contributed by atoms with Crippen LogP contribution in [0, 0.1) is 0 Å². The van der Waals surface area contributed by atoms with Crippen LogP contribution in [-0.2, 0) is 18.3 Å². The van der Waals surface area contributed by atoms with Crippen LogP contribution in [0.4, 0.5) is 0 Å². The number of aromatic nitrogens is 4. The first kappa shape index (κ1) is 12.7. The summed E-state index contributed by atoms with van der Waals surface area (Å²) in [7, 11) is 1.84. The minimum absolute atomic E-state index is 0.110. The van der Waals surface area contributed by atoms with E-state index in [9.17, 15) is 9.59 Å². The van der Waals surface area contributed by atoms with E-state index in [4.69, 9.17) is 0 Å². The largest absolute Gasteiger partial charge is 0.342 e. The van der Waals surface area contributed by atoms with E-state index >= 15 is 0 Å². The zero-order chi connectivity index (χ0) is 14.1. The Hall–Kier alpha value is -2.31.